The van der Waals surface area contributed by atoms with Gasteiger partial charge in [-0.1, -0.05) is 26.0 Å². The Morgan fingerprint density at radius 1 is 1.15 bits per heavy atom. The highest BCUT2D eigenvalue weighted by atomic mass is 16.5. The second kappa shape index (κ2) is 7.62. The van der Waals surface area contributed by atoms with E-state index >= 15 is 0 Å². The summed E-state index contributed by atoms with van der Waals surface area (Å²) in [4.78, 5) is 0. The SMILES string of the molecule is CCC(CC)(OC)C(NN)c1ccc(OC(C)C)cc1. The number of hydrazine groups is 1. The summed E-state index contributed by atoms with van der Waals surface area (Å²) in [7, 11) is 1.74. The summed E-state index contributed by atoms with van der Waals surface area (Å²) in [5, 5.41) is 0. The molecule has 0 aromatic heterocycles. The molecule has 0 saturated carbocycles. The van der Waals surface area contributed by atoms with E-state index < -0.39 is 0 Å². The van der Waals surface area contributed by atoms with Crippen molar-refractivity contribution in [2.24, 2.45) is 5.84 Å². The Labute approximate surface area is 122 Å². The molecule has 0 heterocycles. The van der Waals surface area contributed by atoms with Crippen molar-refractivity contribution in [3.63, 3.8) is 0 Å². The van der Waals surface area contributed by atoms with Crippen molar-refractivity contribution in [3.8, 4) is 5.75 Å². The Hall–Kier alpha value is -1.10. The summed E-state index contributed by atoms with van der Waals surface area (Å²) >= 11 is 0. The molecule has 0 aliphatic rings. The van der Waals surface area contributed by atoms with Gasteiger partial charge in [-0.2, -0.15) is 0 Å². The molecule has 0 saturated heterocycles. The lowest BCUT2D eigenvalue weighted by atomic mass is 9.84. The van der Waals surface area contributed by atoms with E-state index in [1.165, 1.54) is 0 Å². The van der Waals surface area contributed by atoms with Gasteiger partial charge >= 0.3 is 0 Å². The van der Waals surface area contributed by atoms with E-state index in [1.54, 1.807) is 7.11 Å². The summed E-state index contributed by atoms with van der Waals surface area (Å²) in [5.41, 5.74) is 3.72. The van der Waals surface area contributed by atoms with Crippen LogP contribution in [0.3, 0.4) is 0 Å². The quantitative estimate of drug-likeness (QED) is 0.567. The molecule has 0 spiro atoms. The molecule has 1 atom stereocenters. The molecule has 1 unspecified atom stereocenters. The number of hydrogen-bond acceptors (Lipinski definition) is 4. The van der Waals surface area contributed by atoms with Gasteiger partial charge in [-0.3, -0.25) is 11.3 Å². The highest BCUT2D eigenvalue weighted by Crippen LogP contribution is 2.35. The number of nitrogens with two attached hydrogens (primary N) is 1. The molecular formula is C16H28N2O2. The summed E-state index contributed by atoms with van der Waals surface area (Å²) in [6.07, 6.45) is 1.95. The molecule has 0 aliphatic carbocycles. The van der Waals surface area contributed by atoms with E-state index in [2.05, 4.69) is 19.3 Å². The first kappa shape index (κ1) is 17.0. The van der Waals surface area contributed by atoms with Crippen LogP contribution in [-0.4, -0.2) is 18.8 Å². The largest absolute Gasteiger partial charge is 0.491 e. The van der Waals surface area contributed by atoms with Gasteiger partial charge in [0, 0.05) is 7.11 Å². The second-order valence-corrected chi connectivity index (χ2v) is 5.31. The number of benzene rings is 1. The third-order valence-corrected chi connectivity index (χ3v) is 3.88. The van der Waals surface area contributed by atoms with Crippen LogP contribution in [0.5, 0.6) is 5.75 Å². The first-order valence-electron chi connectivity index (χ1n) is 7.30. The van der Waals surface area contributed by atoms with E-state index in [1.807, 2.05) is 38.1 Å². The molecule has 4 heteroatoms. The number of rotatable bonds is 8. The van der Waals surface area contributed by atoms with Crippen LogP contribution >= 0.6 is 0 Å². The molecule has 20 heavy (non-hydrogen) atoms. The van der Waals surface area contributed by atoms with Crippen LogP contribution in [-0.2, 0) is 4.74 Å². The van der Waals surface area contributed by atoms with E-state index in [0.717, 1.165) is 24.2 Å². The van der Waals surface area contributed by atoms with E-state index in [9.17, 15) is 0 Å². The van der Waals surface area contributed by atoms with Crippen molar-refractivity contribution >= 4 is 0 Å². The number of nitrogens with one attached hydrogen (secondary N) is 1. The molecule has 1 aromatic carbocycles. The Kier molecular flexibility index (Phi) is 6.46. The van der Waals surface area contributed by atoms with Gasteiger partial charge in [0.25, 0.3) is 0 Å². The molecule has 0 fully saturated rings. The lowest BCUT2D eigenvalue weighted by molar-refractivity contribution is -0.0486. The first-order chi connectivity index (χ1) is 9.52. The lowest BCUT2D eigenvalue weighted by Gasteiger charge is -2.38. The molecule has 1 rings (SSSR count). The maximum absolute atomic E-state index is 5.78. The fraction of sp³-hybridized carbons (Fsp3) is 0.625. The van der Waals surface area contributed by atoms with Crippen molar-refractivity contribution in [1.29, 1.82) is 0 Å². The van der Waals surface area contributed by atoms with Crippen molar-refractivity contribution in [2.45, 2.75) is 58.3 Å². The lowest BCUT2D eigenvalue weighted by Crippen LogP contribution is -2.47. The minimum absolute atomic E-state index is 0.0457. The Morgan fingerprint density at radius 2 is 1.70 bits per heavy atom. The van der Waals surface area contributed by atoms with Crippen LogP contribution in [0.1, 0.15) is 52.1 Å². The summed E-state index contributed by atoms with van der Waals surface area (Å²) < 4.78 is 11.4. The molecular weight excluding hydrogens is 252 g/mol. The van der Waals surface area contributed by atoms with Crippen molar-refractivity contribution in [1.82, 2.24) is 5.43 Å². The van der Waals surface area contributed by atoms with Gasteiger partial charge in [-0.05, 0) is 44.4 Å². The van der Waals surface area contributed by atoms with Gasteiger partial charge in [-0.25, -0.2) is 0 Å². The summed E-state index contributed by atoms with van der Waals surface area (Å²) in [6.45, 7) is 8.27. The summed E-state index contributed by atoms with van der Waals surface area (Å²) in [6, 6.07) is 8.00. The fourth-order valence-corrected chi connectivity index (χ4v) is 2.63. The standard InChI is InChI=1S/C16H28N2O2/c1-6-16(7-2,19-5)15(18-17)13-8-10-14(11-9-13)20-12(3)4/h8-12,15,18H,6-7,17H2,1-5H3. The average Bonchev–Trinajstić information content (AvgIpc) is 2.45. The second-order valence-electron chi connectivity index (χ2n) is 5.31. The molecule has 0 bridgehead atoms. The number of ether oxygens (including phenoxy) is 2. The molecule has 0 radical (unpaired) electrons. The summed E-state index contributed by atoms with van der Waals surface area (Å²) in [5.74, 6) is 6.65. The molecule has 4 nitrogen and oxygen atoms in total. The molecule has 114 valence electrons. The average molecular weight is 280 g/mol. The van der Waals surface area contributed by atoms with E-state index in [-0.39, 0.29) is 17.7 Å². The zero-order valence-corrected chi connectivity index (χ0v) is 13.3. The highest BCUT2D eigenvalue weighted by molar-refractivity contribution is 5.31. The van der Waals surface area contributed by atoms with Crippen LogP contribution in [0.25, 0.3) is 0 Å². The zero-order chi connectivity index (χ0) is 15.2. The molecule has 0 aliphatic heterocycles. The zero-order valence-electron chi connectivity index (χ0n) is 13.3. The number of hydrogen-bond donors (Lipinski definition) is 2. The monoisotopic (exact) mass is 280 g/mol. The molecule has 3 N–H and O–H groups in total. The first-order valence-corrected chi connectivity index (χ1v) is 7.30. The Bertz CT molecular complexity index is 378. The van der Waals surface area contributed by atoms with Gasteiger partial charge in [0.05, 0.1) is 17.7 Å². The fourth-order valence-electron chi connectivity index (χ4n) is 2.63. The Balaban J connectivity index is 3.00. The van der Waals surface area contributed by atoms with Gasteiger partial charge in [0.1, 0.15) is 5.75 Å². The molecule has 1 aromatic rings. The van der Waals surface area contributed by atoms with Gasteiger partial charge < -0.3 is 9.47 Å². The van der Waals surface area contributed by atoms with Crippen molar-refractivity contribution in [2.75, 3.05) is 7.11 Å². The van der Waals surface area contributed by atoms with E-state index in [0.29, 0.717) is 0 Å². The smallest absolute Gasteiger partial charge is 0.119 e. The van der Waals surface area contributed by atoms with Crippen LogP contribution in [0.15, 0.2) is 24.3 Å². The predicted octanol–water partition coefficient (Wildman–Crippen LogP) is 3.18. The third kappa shape index (κ3) is 3.72. The van der Waals surface area contributed by atoms with E-state index in [4.69, 9.17) is 15.3 Å². The van der Waals surface area contributed by atoms with Crippen molar-refractivity contribution in [3.05, 3.63) is 29.8 Å². The van der Waals surface area contributed by atoms with Gasteiger partial charge in [0.2, 0.25) is 0 Å². The third-order valence-electron chi connectivity index (χ3n) is 3.88. The van der Waals surface area contributed by atoms with Gasteiger partial charge in [-0.15, -0.1) is 0 Å². The van der Waals surface area contributed by atoms with Crippen LogP contribution in [0.2, 0.25) is 0 Å². The Morgan fingerprint density at radius 3 is 2.05 bits per heavy atom. The highest BCUT2D eigenvalue weighted by Gasteiger charge is 2.36. The maximum Gasteiger partial charge on any atom is 0.119 e. The minimum Gasteiger partial charge on any atom is -0.491 e. The van der Waals surface area contributed by atoms with Crippen molar-refractivity contribution < 1.29 is 9.47 Å². The minimum atomic E-state index is -0.296. The number of methoxy groups -OCH3 is 1. The molecule has 0 amide bonds. The van der Waals surface area contributed by atoms with Gasteiger partial charge in [0.15, 0.2) is 0 Å². The normalized spacial score (nSPS) is 13.6. The van der Waals surface area contributed by atoms with Crippen LogP contribution < -0.4 is 16.0 Å². The topological polar surface area (TPSA) is 56.5 Å². The van der Waals surface area contributed by atoms with Crippen LogP contribution in [0, 0.1) is 0 Å². The predicted molar refractivity (Wildman–Crippen MR) is 82.6 cm³/mol. The van der Waals surface area contributed by atoms with Crippen LogP contribution in [0.4, 0.5) is 0 Å². The maximum atomic E-state index is 5.78.